The van der Waals surface area contributed by atoms with Crippen molar-refractivity contribution in [3.05, 3.63) is 60.0 Å². The largest absolute Gasteiger partial charge is 0.504 e. The molecule has 1 fully saturated rings. The van der Waals surface area contributed by atoms with Crippen LogP contribution in [0.3, 0.4) is 0 Å². The van der Waals surface area contributed by atoms with Crippen LogP contribution in [0.15, 0.2) is 48.8 Å². The van der Waals surface area contributed by atoms with Gasteiger partial charge in [0.2, 0.25) is 0 Å². The van der Waals surface area contributed by atoms with E-state index in [1.165, 1.54) is 35.5 Å². The number of nitrogens with one attached hydrogen (secondary N) is 1. The predicted molar refractivity (Wildman–Crippen MR) is 105 cm³/mol. The number of aromatic amines is 1. The summed E-state index contributed by atoms with van der Waals surface area (Å²) in [6, 6.07) is 8.74. The first-order valence-electron chi connectivity index (χ1n) is 9.45. The number of carbonyl (C=O) groups is 1. The molecular formula is C22H26N2O3. The Hall–Kier alpha value is -2.53. The quantitative estimate of drug-likeness (QED) is 0.389. The van der Waals surface area contributed by atoms with Gasteiger partial charge in [0.25, 0.3) is 0 Å². The van der Waals surface area contributed by atoms with Crippen molar-refractivity contribution in [1.29, 1.82) is 0 Å². The number of carbonyl (C=O) groups excluding carboxylic acids is 1. The normalized spacial score (nSPS) is 25.6. The third kappa shape index (κ3) is 2.96. The van der Waals surface area contributed by atoms with Crippen LogP contribution in [0, 0.1) is 11.8 Å². The third-order valence-electron chi connectivity index (χ3n) is 6.08. The van der Waals surface area contributed by atoms with Crippen LogP contribution in [0.4, 0.5) is 0 Å². The number of H-pyrrole nitrogens is 1. The lowest BCUT2D eigenvalue weighted by Crippen LogP contribution is -2.46. The van der Waals surface area contributed by atoms with Crippen LogP contribution in [-0.2, 0) is 20.7 Å². The van der Waals surface area contributed by atoms with Gasteiger partial charge in [0.05, 0.1) is 32.1 Å². The van der Waals surface area contributed by atoms with Crippen LogP contribution in [0.2, 0.25) is 0 Å². The highest BCUT2D eigenvalue weighted by molar-refractivity contribution is 5.89. The van der Waals surface area contributed by atoms with Crippen molar-refractivity contribution in [2.24, 2.45) is 11.8 Å². The zero-order valence-corrected chi connectivity index (χ0v) is 15.9. The second-order valence-corrected chi connectivity index (χ2v) is 7.37. The molecule has 0 amide bonds. The summed E-state index contributed by atoms with van der Waals surface area (Å²) < 4.78 is 10.2. The smallest absolute Gasteiger partial charge is 0.337 e. The molecule has 0 saturated carbocycles. The summed E-state index contributed by atoms with van der Waals surface area (Å²) in [5.74, 6) is -0.115. The van der Waals surface area contributed by atoms with Gasteiger partial charge in [-0.1, -0.05) is 24.3 Å². The van der Waals surface area contributed by atoms with Crippen molar-refractivity contribution < 1.29 is 14.3 Å². The second-order valence-electron chi connectivity index (χ2n) is 7.37. The van der Waals surface area contributed by atoms with Gasteiger partial charge in [0.1, 0.15) is 0 Å². The molecule has 2 aromatic rings. The lowest BCUT2D eigenvalue weighted by atomic mass is 9.75. The van der Waals surface area contributed by atoms with Gasteiger partial charge in [-0.15, -0.1) is 6.58 Å². The maximum Gasteiger partial charge on any atom is 0.337 e. The van der Waals surface area contributed by atoms with Gasteiger partial charge >= 0.3 is 5.97 Å². The highest BCUT2D eigenvalue weighted by atomic mass is 16.5. The van der Waals surface area contributed by atoms with E-state index < -0.39 is 0 Å². The van der Waals surface area contributed by atoms with Crippen molar-refractivity contribution in [3.63, 3.8) is 0 Å². The molecule has 5 heteroatoms. The topological polar surface area (TPSA) is 54.6 Å². The van der Waals surface area contributed by atoms with Gasteiger partial charge in [-0.2, -0.15) is 0 Å². The standard InChI is InChI=1S/C22H26N2O3/c1-4-14-12-24-10-9-16-15-7-5-6-8-19(15)23-21(16)20(24)11-17(14)18(13-26-2)22(25)27-3/h4-8,13-14,17,20,23H,1,9-12H2,2-3H3/b18-13-/t14-,17-,20+/m0/s1. The van der Waals surface area contributed by atoms with Crippen molar-refractivity contribution in [3.8, 4) is 0 Å². The lowest BCUT2D eigenvalue weighted by molar-refractivity contribution is -0.137. The van der Waals surface area contributed by atoms with Crippen LogP contribution < -0.4 is 0 Å². The molecular weight excluding hydrogens is 340 g/mol. The Balaban J connectivity index is 1.74. The van der Waals surface area contributed by atoms with E-state index in [2.05, 4.69) is 40.7 Å². The molecule has 1 N–H and O–H groups in total. The van der Waals surface area contributed by atoms with Gasteiger partial charge in [-0.05, 0) is 30.4 Å². The molecule has 3 heterocycles. The van der Waals surface area contributed by atoms with E-state index in [9.17, 15) is 4.79 Å². The number of benzene rings is 1. The molecule has 1 aromatic carbocycles. The van der Waals surface area contributed by atoms with Crippen molar-refractivity contribution in [2.75, 3.05) is 27.3 Å². The van der Waals surface area contributed by atoms with Crippen molar-refractivity contribution in [2.45, 2.75) is 18.9 Å². The van der Waals surface area contributed by atoms with Gasteiger partial charge in [0, 0.05) is 35.6 Å². The van der Waals surface area contributed by atoms with E-state index in [4.69, 9.17) is 9.47 Å². The molecule has 1 saturated heterocycles. The number of hydrogen-bond donors (Lipinski definition) is 1. The minimum atomic E-state index is -0.324. The van der Waals surface area contributed by atoms with Gasteiger partial charge in [0.15, 0.2) is 0 Å². The molecule has 0 bridgehead atoms. The average molecular weight is 366 g/mol. The molecule has 0 spiro atoms. The Kier molecular flexibility index (Phi) is 4.79. The molecule has 0 radical (unpaired) electrons. The van der Waals surface area contributed by atoms with E-state index in [1.54, 1.807) is 7.11 Å². The fraction of sp³-hybridized carbons (Fsp3) is 0.409. The van der Waals surface area contributed by atoms with E-state index in [0.29, 0.717) is 5.57 Å². The fourth-order valence-corrected chi connectivity index (χ4v) is 4.80. The van der Waals surface area contributed by atoms with Crippen LogP contribution in [0.25, 0.3) is 10.9 Å². The highest BCUT2D eigenvalue weighted by Gasteiger charge is 2.42. The number of piperidine rings is 1. The maximum absolute atomic E-state index is 12.4. The molecule has 2 aliphatic heterocycles. The lowest BCUT2D eigenvalue weighted by Gasteiger charge is -2.45. The molecule has 2 aliphatic rings. The third-order valence-corrected chi connectivity index (χ3v) is 6.08. The predicted octanol–water partition coefficient (Wildman–Crippen LogP) is 3.59. The summed E-state index contributed by atoms with van der Waals surface area (Å²) >= 11 is 0. The Morgan fingerprint density at radius 1 is 1.33 bits per heavy atom. The van der Waals surface area contributed by atoms with Gasteiger partial charge < -0.3 is 14.5 Å². The summed E-state index contributed by atoms with van der Waals surface area (Å²) in [5.41, 5.74) is 4.48. The molecule has 142 valence electrons. The summed E-state index contributed by atoms with van der Waals surface area (Å²) in [4.78, 5) is 18.5. The Bertz CT molecular complexity index is 898. The van der Waals surface area contributed by atoms with Crippen molar-refractivity contribution >= 4 is 16.9 Å². The molecule has 0 aliphatic carbocycles. The molecule has 3 atom stereocenters. The average Bonchev–Trinajstić information content (AvgIpc) is 3.09. The SMILES string of the molecule is C=C[C@H]1CN2CCc3c([nH]c4ccccc34)[C@H]2C[C@@H]1/C(=C/OC)C(=O)OC. The van der Waals surface area contributed by atoms with E-state index >= 15 is 0 Å². The Labute approximate surface area is 159 Å². The maximum atomic E-state index is 12.4. The molecule has 5 nitrogen and oxygen atoms in total. The van der Waals surface area contributed by atoms with Crippen LogP contribution in [-0.4, -0.2) is 43.2 Å². The fourth-order valence-electron chi connectivity index (χ4n) is 4.80. The molecule has 27 heavy (non-hydrogen) atoms. The minimum Gasteiger partial charge on any atom is -0.504 e. The first kappa shape index (κ1) is 17.9. The van der Waals surface area contributed by atoms with E-state index in [1.807, 2.05) is 6.08 Å². The number of nitrogens with zero attached hydrogens (tertiary/aromatic N) is 1. The number of ether oxygens (including phenoxy) is 2. The van der Waals surface area contributed by atoms with Crippen molar-refractivity contribution in [1.82, 2.24) is 9.88 Å². The number of hydrogen-bond acceptors (Lipinski definition) is 4. The minimum absolute atomic E-state index is 0.0218. The zero-order chi connectivity index (χ0) is 19.0. The number of para-hydroxylation sites is 1. The summed E-state index contributed by atoms with van der Waals surface area (Å²) in [6.45, 7) is 5.93. The number of esters is 1. The second kappa shape index (κ2) is 7.24. The first-order valence-corrected chi connectivity index (χ1v) is 9.45. The van der Waals surface area contributed by atoms with Crippen LogP contribution in [0.1, 0.15) is 23.7 Å². The van der Waals surface area contributed by atoms with Crippen LogP contribution in [0.5, 0.6) is 0 Å². The Morgan fingerprint density at radius 3 is 2.89 bits per heavy atom. The summed E-state index contributed by atoms with van der Waals surface area (Å²) in [5, 5.41) is 1.31. The number of methoxy groups -OCH3 is 2. The molecule has 1 aromatic heterocycles. The van der Waals surface area contributed by atoms with E-state index in [0.717, 1.165) is 25.9 Å². The first-order chi connectivity index (χ1) is 13.2. The van der Waals surface area contributed by atoms with Gasteiger partial charge in [-0.25, -0.2) is 4.79 Å². The number of aromatic nitrogens is 1. The Morgan fingerprint density at radius 2 is 2.15 bits per heavy atom. The molecule has 4 rings (SSSR count). The summed E-state index contributed by atoms with van der Waals surface area (Å²) in [7, 11) is 2.98. The van der Waals surface area contributed by atoms with Crippen LogP contribution >= 0.6 is 0 Å². The van der Waals surface area contributed by atoms with Gasteiger partial charge in [-0.3, -0.25) is 4.90 Å². The monoisotopic (exact) mass is 366 g/mol. The highest BCUT2D eigenvalue weighted by Crippen LogP contribution is 2.45. The molecule has 0 unspecified atom stereocenters. The number of rotatable bonds is 4. The summed E-state index contributed by atoms with van der Waals surface area (Å²) in [6.07, 6.45) is 5.38. The van der Waals surface area contributed by atoms with E-state index in [-0.39, 0.29) is 23.8 Å². The number of fused-ring (bicyclic) bond motifs is 5. The zero-order valence-electron chi connectivity index (χ0n) is 15.9.